The molecule has 0 saturated heterocycles. The molecule has 0 aliphatic heterocycles. The van der Waals surface area contributed by atoms with E-state index >= 15 is 0 Å². The van der Waals surface area contributed by atoms with E-state index in [1.165, 1.54) is 0 Å². The Hall–Kier alpha value is -2.31. The van der Waals surface area contributed by atoms with E-state index in [4.69, 9.17) is 0 Å². The predicted molar refractivity (Wildman–Crippen MR) is 87.7 cm³/mol. The first-order valence-electron chi connectivity index (χ1n) is 6.98. The number of hydrogen-bond donors (Lipinski definition) is 1. The van der Waals surface area contributed by atoms with Crippen molar-refractivity contribution in [3.8, 4) is 6.07 Å². The SMILES string of the molecule is C/C=C/C(O)C(C)/C=C/C=C(/C#N)N(C)c1ccccc1. The molecular weight excluding hydrogens is 260 g/mol. The van der Waals surface area contributed by atoms with E-state index in [1.807, 2.05) is 74.4 Å². The van der Waals surface area contributed by atoms with Gasteiger partial charge in [-0.25, -0.2) is 0 Å². The second kappa shape index (κ2) is 8.78. The topological polar surface area (TPSA) is 47.3 Å². The standard InChI is InChI=1S/C18H22N2O/c1-4-9-18(21)15(2)10-8-13-17(14-19)20(3)16-11-6-5-7-12-16/h4-13,15,18,21H,1-3H3/b9-4+,10-8+,17-13-. The second-order valence-electron chi connectivity index (χ2n) is 4.82. The van der Waals surface area contributed by atoms with Crippen LogP contribution in [0.25, 0.3) is 0 Å². The molecule has 1 aromatic rings. The summed E-state index contributed by atoms with van der Waals surface area (Å²) in [5.74, 6) is -0.000533. The van der Waals surface area contributed by atoms with Crippen molar-refractivity contribution >= 4 is 5.69 Å². The fourth-order valence-electron chi connectivity index (χ4n) is 1.82. The number of nitrogens with zero attached hydrogens (tertiary/aromatic N) is 2. The highest BCUT2D eigenvalue weighted by Crippen LogP contribution is 2.16. The lowest BCUT2D eigenvalue weighted by atomic mass is 10.0. The zero-order valence-electron chi connectivity index (χ0n) is 12.8. The highest BCUT2D eigenvalue weighted by Gasteiger charge is 2.07. The summed E-state index contributed by atoms with van der Waals surface area (Å²) in [5, 5.41) is 19.1. The van der Waals surface area contributed by atoms with Crippen LogP contribution in [0.15, 0.2) is 66.4 Å². The van der Waals surface area contributed by atoms with E-state index in [0.29, 0.717) is 5.70 Å². The third-order valence-electron chi connectivity index (χ3n) is 3.22. The first kappa shape index (κ1) is 16.7. The van der Waals surface area contributed by atoms with Gasteiger partial charge >= 0.3 is 0 Å². The van der Waals surface area contributed by atoms with E-state index in [1.54, 1.807) is 12.2 Å². The molecule has 110 valence electrons. The number of nitriles is 1. The Bertz CT molecular complexity index is 552. The van der Waals surface area contributed by atoms with Crippen molar-refractivity contribution in [2.75, 3.05) is 11.9 Å². The molecule has 3 nitrogen and oxygen atoms in total. The molecule has 0 spiro atoms. The maximum atomic E-state index is 9.79. The number of rotatable bonds is 6. The van der Waals surface area contributed by atoms with Crippen LogP contribution < -0.4 is 4.90 Å². The second-order valence-corrected chi connectivity index (χ2v) is 4.82. The average Bonchev–Trinajstić information content (AvgIpc) is 2.51. The minimum absolute atomic E-state index is 0.000533. The van der Waals surface area contributed by atoms with Gasteiger partial charge in [-0.15, -0.1) is 0 Å². The van der Waals surface area contributed by atoms with Gasteiger partial charge in [0, 0.05) is 18.7 Å². The Morgan fingerprint density at radius 3 is 2.52 bits per heavy atom. The van der Waals surface area contributed by atoms with Crippen LogP contribution in [0.1, 0.15) is 13.8 Å². The Morgan fingerprint density at radius 2 is 1.95 bits per heavy atom. The van der Waals surface area contributed by atoms with E-state index in [0.717, 1.165) is 5.69 Å². The molecular formula is C18H22N2O. The molecule has 0 aromatic heterocycles. The van der Waals surface area contributed by atoms with Crippen LogP contribution in [-0.4, -0.2) is 18.3 Å². The molecule has 1 N–H and O–H groups in total. The van der Waals surface area contributed by atoms with Crippen LogP contribution in [0.4, 0.5) is 5.69 Å². The van der Waals surface area contributed by atoms with Crippen LogP contribution in [0.2, 0.25) is 0 Å². The number of aliphatic hydroxyl groups excluding tert-OH is 1. The van der Waals surface area contributed by atoms with Gasteiger partial charge in [-0.1, -0.05) is 49.4 Å². The van der Waals surface area contributed by atoms with Crippen LogP contribution in [0.3, 0.4) is 0 Å². The first-order valence-corrected chi connectivity index (χ1v) is 6.98. The molecule has 3 heteroatoms. The molecule has 21 heavy (non-hydrogen) atoms. The summed E-state index contributed by atoms with van der Waals surface area (Å²) in [6.07, 6.45) is 8.54. The predicted octanol–water partition coefficient (Wildman–Crippen LogP) is 3.66. The van der Waals surface area contributed by atoms with Gasteiger partial charge in [-0.05, 0) is 25.1 Å². The van der Waals surface area contributed by atoms with Crippen molar-refractivity contribution in [3.63, 3.8) is 0 Å². The van der Waals surface area contributed by atoms with Crippen molar-refractivity contribution in [2.45, 2.75) is 20.0 Å². The number of para-hydroxylation sites is 1. The van der Waals surface area contributed by atoms with Crippen LogP contribution >= 0.6 is 0 Å². The van der Waals surface area contributed by atoms with Crippen LogP contribution in [0.5, 0.6) is 0 Å². The number of anilines is 1. The number of hydrogen-bond acceptors (Lipinski definition) is 3. The largest absolute Gasteiger partial charge is 0.388 e. The molecule has 0 aliphatic rings. The van der Waals surface area contributed by atoms with Gasteiger partial charge in [0.1, 0.15) is 11.8 Å². The van der Waals surface area contributed by atoms with E-state index < -0.39 is 6.10 Å². The summed E-state index contributed by atoms with van der Waals surface area (Å²) in [6.45, 7) is 3.81. The minimum Gasteiger partial charge on any atom is -0.388 e. The van der Waals surface area contributed by atoms with Crippen molar-refractivity contribution in [2.24, 2.45) is 5.92 Å². The molecule has 0 radical (unpaired) electrons. The quantitative estimate of drug-likeness (QED) is 0.492. The summed E-state index contributed by atoms with van der Waals surface area (Å²) in [6, 6.07) is 11.9. The summed E-state index contributed by atoms with van der Waals surface area (Å²) < 4.78 is 0. The molecule has 0 saturated carbocycles. The average molecular weight is 282 g/mol. The van der Waals surface area contributed by atoms with Gasteiger partial charge in [-0.2, -0.15) is 5.26 Å². The fraction of sp³-hybridized carbons (Fsp3) is 0.278. The van der Waals surface area contributed by atoms with Gasteiger partial charge in [-0.3, -0.25) is 0 Å². The smallest absolute Gasteiger partial charge is 0.120 e. The van der Waals surface area contributed by atoms with Gasteiger partial charge < -0.3 is 10.0 Å². The lowest BCUT2D eigenvalue weighted by molar-refractivity contribution is 0.185. The molecule has 0 fully saturated rings. The maximum Gasteiger partial charge on any atom is 0.120 e. The molecule has 2 unspecified atom stereocenters. The Balaban J connectivity index is 2.79. The van der Waals surface area contributed by atoms with E-state index in [-0.39, 0.29) is 5.92 Å². The van der Waals surface area contributed by atoms with Crippen LogP contribution in [0, 0.1) is 17.2 Å². The summed E-state index contributed by atoms with van der Waals surface area (Å²) in [7, 11) is 1.86. The lowest BCUT2D eigenvalue weighted by Gasteiger charge is -2.17. The molecule has 2 atom stereocenters. The maximum absolute atomic E-state index is 9.79. The number of aliphatic hydroxyl groups is 1. The minimum atomic E-state index is -0.503. The Labute approximate surface area is 127 Å². The van der Waals surface area contributed by atoms with Gasteiger partial charge in [0.15, 0.2) is 0 Å². The monoisotopic (exact) mass is 282 g/mol. The zero-order chi connectivity index (χ0) is 15.7. The Morgan fingerprint density at radius 1 is 1.29 bits per heavy atom. The Kier molecular flexibility index (Phi) is 7.00. The van der Waals surface area contributed by atoms with Crippen molar-refractivity contribution in [1.29, 1.82) is 5.26 Å². The molecule has 1 rings (SSSR count). The van der Waals surface area contributed by atoms with Crippen molar-refractivity contribution < 1.29 is 5.11 Å². The summed E-state index contributed by atoms with van der Waals surface area (Å²) in [4.78, 5) is 1.83. The molecule has 0 bridgehead atoms. The highest BCUT2D eigenvalue weighted by atomic mass is 16.3. The van der Waals surface area contributed by atoms with Gasteiger partial charge in [0.25, 0.3) is 0 Å². The zero-order valence-corrected chi connectivity index (χ0v) is 12.8. The first-order chi connectivity index (χ1) is 10.1. The van der Waals surface area contributed by atoms with Gasteiger partial charge in [0.2, 0.25) is 0 Å². The summed E-state index contributed by atoms with van der Waals surface area (Å²) >= 11 is 0. The summed E-state index contributed by atoms with van der Waals surface area (Å²) in [5.41, 5.74) is 1.51. The number of allylic oxidation sites excluding steroid dienone is 4. The van der Waals surface area contributed by atoms with Crippen molar-refractivity contribution in [1.82, 2.24) is 0 Å². The molecule has 0 aliphatic carbocycles. The molecule has 1 aromatic carbocycles. The normalized spacial score (nSPS) is 15.1. The fourth-order valence-corrected chi connectivity index (χ4v) is 1.82. The van der Waals surface area contributed by atoms with E-state index in [9.17, 15) is 10.4 Å². The van der Waals surface area contributed by atoms with E-state index in [2.05, 4.69) is 6.07 Å². The molecule has 0 heterocycles. The molecule has 0 amide bonds. The van der Waals surface area contributed by atoms with Crippen molar-refractivity contribution in [3.05, 3.63) is 66.4 Å². The number of benzene rings is 1. The highest BCUT2D eigenvalue weighted by molar-refractivity contribution is 5.55. The third kappa shape index (κ3) is 5.29. The third-order valence-corrected chi connectivity index (χ3v) is 3.22. The lowest BCUT2D eigenvalue weighted by Crippen LogP contribution is -2.15. The van der Waals surface area contributed by atoms with Crippen LogP contribution in [-0.2, 0) is 0 Å². The van der Waals surface area contributed by atoms with Gasteiger partial charge in [0.05, 0.1) is 6.10 Å².